The second kappa shape index (κ2) is 5.13. The number of nitrogens with zero attached hydrogens (tertiary/aromatic N) is 3. The van der Waals surface area contributed by atoms with E-state index in [1.807, 2.05) is 12.1 Å². The lowest BCUT2D eigenvalue weighted by atomic mass is 9.91. The number of aromatic nitrogens is 1. The van der Waals surface area contributed by atoms with Crippen LogP contribution in [0.15, 0.2) is 30.5 Å². The van der Waals surface area contributed by atoms with Crippen LogP contribution in [-0.4, -0.2) is 18.1 Å². The minimum atomic E-state index is 0.655. The number of benzene rings is 1. The van der Waals surface area contributed by atoms with Crippen molar-refractivity contribution in [2.45, 2.75) is 20.3 Å². The van der Waals surface area contributed by atoms with Gasteiger partial charge in [0.15, 0.2) is 0 Å². The third kappa shape index (κ3) is 2.22. The molecule has 3 nitrogen and oxygen atoms in total. The van der Waals surface area contributed by atoms with E-state index in [0.717, 1.165) is 24.0 Å². The number of piperidine rings is 1. The van der Waals surface area contributed by atoms with Gasteiger partial charge in [-0.1, -0.05) is 13.8 Å². The molecule has 1 saturated heterocycles. The average Bonchev–Trinajstić information content (AvgIpc) is 2.45. The van der Waals surface area contributed by atoms with Crippen LogP contribution in [0.3, 0.4) is 0 Å². The van der Waals surface area contributed by atoms with Crippen molar-refractivity contribution in [2.75, 3.05) is 18.0 Å². The van der Waals surface area contributed by atoms with E-state index in [-0.39, 0.29) is 0 Å². The molecule has 1 aliphatic rings. The number of pyridine rings is 1. The minimum absolute atomic E-state index is 0.655. The molecule has 1 aliphatic heterocycles. The SMILES string of the molecule is C[C@@H]1C[C@H](C)CN(c2ccc(C#N)c3ncccc23)C1. The molecule has 0 bridgehead atoms. The van der Waals surface area contributed by atoms with Crippen molar-refractivity contribution in [3.63, 3.8) is 0 Å². The Morgan fingerprint density at radius 2 is 1.95 bits per heavy atom. The highest BCUT2D eigenvalue weighted by Crippen LogP contribution is 2.32. The molecule has 1 aromatic heterocycles. The Hall–Kier alpha value is -2.08. The lowest BCUT2D eigenvalue weighted by Gasteiger charge is -2.37. The van der Waals surface area contributed by atoms with Gasteiger partial charge in [0.05, 0.1) is 11.1 Å². The first-order valence-electron chi connectivity index (χ1n) is 7.22. The molecule has 0 unspecified atom stereocenters. The highest BCUT2D eigenvalue weighted by molar-refractivity contribution is 5.95. The van der Waals surface area contributed by atoms with Crippen molar-refractivity contribution >= 4 is 16.6 Å². The first-order valence-corrected chi connectivity index (χ1v) is 7.22. The van der Waals surface area contributed by atoms with Crippen molar-refractivity contribution < 1.29 is 0 Å². The zero-order chi connectivity index (χ0) is 14.1. The second-order valence-electron chi connectivity index (χ2n) is 5.99. The van der Waals surface area contributed by atoms with Gasteiger partial charge in [0.1, 0.15) is 6.07 Å². The van der Waals surface area contributed by atoms with E-state index < -0.39 is 0 Å². The van der Waals surface area contributed by atoms with Crippen LogP contribution in [0.5, 0.6) is 0 Å². The standard InChI is InChI=1S/C17H19N3/c1-12-8-13(2)11-20(10-12)16-6-5-14(9-18)17-15(16)4-3-7-19-17/h3-7,12-13H,8,10-11H2,1-2H3/t12-,13+. The molecule has 0 radical (unpaired) electrons. The smallest absolute Gasteiger partial charge is 0.101 e. The van der Waals surface area contributed by atoms with Gasteiger partial charge in [-0.3, -0.25) is 4.98 Å². The first-order chi connectivity index (χ1) is 9.69. The summed E-state index contributed by atoms with van der Waals surface area (Å²) in [5.74, 6) is 1.42. The van der Waals surface area contributed by atoms with E-state index >= 15 is 0 Å². The summed E-state index contributed by atoms with van der Waals surface area (Å²) in [6, 6.07) is 10.2. The molecule has 2 heterocycles. The summed E-state index contributed by atoms with van der Waals surface area (Å²) in [7, 11) is 0. The number of nitriles is 1. The predicted molar refractivity (Wildman–Crippen MR) is 81.6 cm³/mol. The minimum Gasteiger partial charge on any atom is -0.370 e. The van der Waals surface area contributed by atoms with Crippen LogP contribution in [0.4, 0.5) is 5.69 Å². The summed E-state index contributed by atoms with van der Waals surface area (Å²) in [6.07, 6.45) is 3.05. The van der Waals surface area contributed by atoms with E-state index in [9.17, 15) is 5.26 Å². The molecule has 1 aromatic carbocycles. The van der Waals surface area contributed by atoms with Crippen LogP contribution in [-0.2, 0) is 0 Å². The Balaban J connectivity index is 2.11. The average molecular weight is 265 g/mol. The van der Waals surface area contributed by atoms with Crippen LogP contribution in [0.2, 0.25) is 0 Å². The summed E-state index contributed by atoms with van der Waals surface area (Å²) >= 11 is 0. The molecule has 0 saturated carbocycles. The van der Waals surface area contributed by atoms with Crippen LogP contribution in [0, 0.1) is 23.2 Å². The molecule has 0 aliphatic carbocycles. The Morgan fingerprint density at radius 1 is 1.20 bits per heavy atom. The van der Waals surface area contributed by atoms with Crippen LogP contribution < -0.4 is 4.90 Å². The predicted octanol–water partition coefficient (Wildman–Crippen LogP) is 3.59. The molecular weight excluding hydrogens is 246 g/mol. The largest absolute Gasteiger partial charge is 0.370 e. The highest BCUT2D eigenvalue weighted by Gasteiger charge is 2.23. The fourth-order valence-electron chi connectivity index (χ4n) is 3.38. The molecular formula is C17H19N3. The van der Waals surface area contributed by atoms with Gasteiger partial charge < -0.3 is 4.90 Å². The van der Waals surface area contributed by atoms with Gasteiger partial charge in [-0.05, 0) is 42.5 Å². The third-order valence-corrected chi connectivity index (χ3v) is 4.08. The zero-order valence-electron chi connectivity index (χ0n) is 12.0. The topological polar surface area (TPSA) is 39.9 Å². The van der Waals surface area contributed by atoms with Crippen molar-refractivity contribution in [2.24, 2.45) is 11.8 Å². The molecule has 0 N–H and O–H groups in total. The summed E-state index contributed by atoms with van der Waals surface area (Å²) < 4.78 is 0. The molecule has 1 fully saturated rings. The quantitative estimate of drug-likeness (QED) is 0.791. The lowest BCUT2D eigenvalue weighted by Crippen LogP contribution is -2.38. The molecule has 2 aromatic rings. The van der Waals surface area contributed by atoms with Crippen molar-refractivity contribution in [1.29, 1.82) is 5.26 Å². The first kappa shape index (κ1) is 12.9. The maximum atomic E-state index is 9.22. The zero-order valence-corrected chi connectivity index (χ0v) is 12.0. The van der Waals surface area contributed by atoms with E-state index in [2.05, 4.69) is 41.9 Å². The Morgan fingerprint density at radius 3 is 2.65 bits per heavy atom. The van der Waals surface area contributed by atoms with Gasteiger partial charge in [-0.2, -0.15) is 5.26 Å². The maximum Gasteiger partial charge on any atom is 0.101 e. The van der Waals surface area contributed by atoms with Gasteiger partial charge >= 0.3 is 0 Å². The number of fused-ring (bicyclic) bond motifs is 1. The Bertz CT molecular complexity index is 661. The molecule has 0 spiro atoms. The summed E-state index contributed by atoms with van der Waals surface area (Å²) in [6.45, 7) is 6.79. The summed E-state index contributed by atoms with van der Waals surface area (Å²) in [5.41, 5.74) is 2.69. The molecule has 2 atom stereocenters. The van der Waals surface area contributed by atoms with E-state index in [1.165, 1.54) is 12.1 Å². The molecule has 3 rings (SSSR count). The van der Waals surface area contributed by atoms with Crippen LogP contribution >= 0.6 is 0 Å². The molecule has 20 heavy (non-hydrogen) atoms. The molecule has 0 amide bonds. The monoisotopic (exact) mass is 265 g/mol. The van der Waals surface area contributed by atoms with Crippen molar-refractivity contribution in [3.8, 4) is 6.07 Å². The second-order valence-corrected chi connectivity index (χ2v) is 5.99. The lowest BCUT2D eigenvalue weighted by molar-refractivity contribution is 0.357. The fourth-order valence-corrected chi connectivity index (χ4v) is 3.38. The van der Waals surface area contributed by atoms with Gasteiger partial charge in [0.25, 0.3) is 0 Å². The van der Waals surface area contributed by atoms with Crippen molar-refractivity contribution in [3.05, 3.63) is 36.0 Å². The van der Waals surface area contributed by atoms with Crippen molar-refractivity contribution in [1.82, 2.24) is 4.98 Å². The number of rotatable bonds is 1. The van der Waals surface area contributed by atoms with Crippen LogP contribution in [0.1, 0.15) is 25.8 Å². The third-order valence-electron chi connectivity index (χ3n) is 4.08. The maximum absolute atomic E-state index is 9.22. The van der Waals surface area contributed by atoms with Gasteiger partial charge in [0.2, 0.25) is 0 Å². The Kier molecular flexibility index (Phi) is 3.31. The van der Waals surface area contributed by atoms with Gasteiger partial charge in [-0.15, -0.1) is 0 Å². The number of anilines is 1. The summed E-state index contributed by atoms with van der Waals surface area (Å²) in [4.78, 5) is 6.84. The molecule has 102 valence electrons. The van der Waals surface area contributed by atoms with E-state index in [4.69, 9.17) is 0 Å². The fraction of sp³-hybridized carbons (Fsp3) is 0.412. The van der Waals surface area contributed by atoms with Gasteiger partial charge in [0, 0.05) is 30.4 Å². The number of hydrogen-bond acceptors (Lipinski definition) is 3. The number of hydrogen-bond donors (Lipinski definition) is 0. The van der Waals surface area contributed by atoms with E-state index in [1.54, 1.807) is 6.20 Å². The summed E-state index contributed by atoms with van der Waals surface area (Å²) in [5, 5.41) is 10.3. The normalized spacial score (nSPS) is 22.8. The van der Waals surface area contributed by atoms with Crippen LogP contribution in [0.25, 0.3) is 10.9 Å². The van der Waals surface area contributed by atoms with Gasteiger partial charge in [-0.25, -0.2) is 0 Å². The Labute approximate surface area is 119 Å². The highest BCUT2D eigenvalue weighted by atomic mass is 15.1. The van der Waals surface area contributed by atoms with E-state index in [0.29, 0.717) is 17.4 Å². The molecule has 3 heteroatoms.